The smallest absolute Gasteiger partial charge is 0.314 e. The number of fused-ring (bicyclic) bond motifs is 2. The molecule has 0 saturated carbocycles. The first-order valence-electron chi connectivity index (χ1n) is 6.06. The molecule has 0 fully saturated rings. The number of nitrogens with zero attached hydrogens (tertiary/aromatic N) is 2. The number of hydrogen-bond donors (Lipinski definition) is 0. The van der Waals surface area contributed by atoms with E-state index < -0.39 is 0 Å². The Bertz CT molecular complexity index is 418. The van der Waals surface area contributed by atoms with Crippen molar-refractivity contribution in [2.75, 3.05) is 13.2 Å². The minimum Gasteiger partial charge on any atom is -0.488 e. The van der Waals surface area contributed by atoms with Gasteiger partial charge in [0, 0.05) is 6.42 Å². The van der Waals surface area contributed by atoms with Gasteiger partial charge in [-0.05, 0) is 19.3 Å². The number of ether oxygens (including phenoxy) is 2. The average Bonchev–Trinajstić information content (AvgIpc) is 3.08. The third-order valence-electron chi connectivity index (χ3n) is 2.84. The van der Waals surface area contributed by atoms with Crippen LogP contribution in [0.3, 0.4) is 0 Å². The van der Waals surface area contributed by atoms with E-state index in [2.05, 4.69) is 10.3 Å². The Morgan fingerprint density at radius 1 is 0.889 bits per heavy atom. The van der Waals surface area contributed by atoms with Gasteiger partial charge in [0.1, 0.15) is 6.20 Å². The minimum absolute atomic E-state index is 0.612. The van der Waals surface area contributed by atoms with E-state index in [4.69, 9.17) is 18.5 Å². The molecule has 6 heteroatoms. The van der Waals surface area contributed by atoms with Crippen molar-refractivity contribution in [1.82, 2.24) is 10.3 Å². The summed E-state index contributed by atoms with van der Waals surface area (Å²) in [6.07, 6.45) is 7.47. The lowest BCUT2D eigenvalue weighted by Gasteiger charge is -2.08. The Kier molecular flexibility index (Phi) is 3.16. The van der Waals surface area contributed by atoms with Crippen molar-refractivity contribution in [3.05, 3.63) is 23.7 Å². The fourth-order valence-corrected chi connectivity index (χ4v) is 1.92. The topological polar surface area (TPSA) is 70.5 Å². The molecule has 2 aliphatic rings. The third kappa shape index (κ3) is 2.32. The highest BCUT2D eigenvalue weighted by Crippen LogP contribution is 2.23. The van der Waals surface area contributed by atoms with Gasteiger partial charge in [0.05, 0.1) is 25.0 Å². The van der Waals surface area contributed by atoms with E-state index in [1.54, 1.807) is 12.4 Å². The largest absolute Gasteiger partial charge is 0.488 e. The highest BCUT2D eigenvalue weighted by Gasteiger charge is 2.13. The quantitative estimate of drug-likeness (QED) is 0.712. The summed E-state index contributed by atoms with van der Waals surface area (Å²) in [4.78, 5) is 0. The monoisotopic (exact) mass is 250 g/mol. The summed E-state index contributed by atoms with van der Waals surface area (Å²) in [7, 11) is 0. The Balaban J connectivity index is 0.000000111. The third-order valence-corrected chi connectivity index (χ3v) is 2.84. The van der Waals surface area contributed by atoms with Gasteiger partial charge in [0.2, 0.25) is 0 Å². The van der Waals surface area contributed by atoms with E-state index in [9.17, 15) is 0 Å². The van der Waals surface area contributed by atoms with E-state index >= 15 is 0 Å². The first-order chi connectivity index (χ1) is 8.93. The van der Waals surface area contributed by atoms with Crippen LogP contribution in [-0.4, -0.2) is 23.5 Å². The zero-order valence-electron chi connectivity index (χ0n) is 9.92. The number of rotatable bonds is 0. The number of aromatic nitrogens is 2. The van der Waals surface area contributed by atoms with Crippen molar-refractivity contribution in [1.29, 1.82) is 0 Å². The van der Waals surface area contributed by atoms with Crippen LogP contribution in [0.1, 0.15) is 24.2 Å². The first kappa shape index (κ1) is 11.1. The fourth-order valence-electron chi connectivity index (χ4n) is 1.92. The first-order valence-corrected chi connectivity index (χ1v) is 6.06. The molecule has 2 aromatic rings. The van der Waals surface area contributed by atoms with Crippen molar-refractivity contribution in [3.63, 3.8) is 0 Å². The maximum absolute atomic E-state index is 5.21. The molecule has 0 spiro atoms. The van der Waals surface area contributed by atoms with Crippen molar-refractivity contribution in [2.45, 2.75) is 25.7 Å². The predicted molar refractivity (Wildman–Crippen MR) is 60.6 cm³/mol. The van der Waals surface area contributed by atoms with Gasteiger partial charge < -0.3 is 18.5 Å². The Morgan fingerprint density at radius 3 is 2.61 bits per heavy atom. The van der Waals surface area contributed by atoms with Gasteiger partial charge in [-0.15, -0.1) is 0 Å². The van der Waals surface area contributed by atoms with Gasteiger partial charge in [-0.2, -0.15) is 0 Å². The molecule has 2 aromatic heterocycles. The molecule has 0 amide bonds. The summed E-state index contributed by atoms with van der Waals surface area (Å²) in [6.45, 7) is 1.57. The van der Waals surface area contributed by atoms with Crippen LogP contribution < -0.4 is 9.47 Å². The summed E-state index contributed by atoms with van der Waals surface area (Å²) in [5, 5.41) is 7.21. The summed E-state index contributed by atoms with van der Waals surface area (Å²) in [5.41, 5.74) is 1.10. The molecular formula is C12H14N2O4. The van der Waals surface area contributed by atoms with Crippen LogP contribution in [-0.2, 0) is 12.8 Å². The molecule has 18 heavy (non-hydrogen) atoms. The Hall–Kier alpha value is -1.98. The van der Waals surface area contributed by atoms with E-state index in [0.717, 1.165) is 56.0 Å². The van der Waals surface area contributed by atoms with E-state index in [0.29, 0.717) is 5.95 Å². The molecule has 0 radical (unpaired) electrons. The van der Waals surface area contributed by atoms with Gasteiger partial charge in [0.15, 0.2) is 11.5 Å². The van der Waals surface area contributed by atoms with Crippen LogP contribution in [0.15, 0.2) is 21.4 Å². The highest BCUT2D eigenvalue weighted by atomic mass is 16.6. The number of hydrogen-bond acceptors (Lipinski definition) is 6. The molecule has 0 atom stereocenters. The molecular weight excluding hydrogens is 236 g/mol. The molecule has 0 aromatic carbocycles. The van der Waals surface area contributed by atoms with Crippen LogP contribution in [0, 0.1) is 0 Å². The standard InChI is InChI=1S/2C6H7NO2/c1-2-5-6(8-3-1)4-7-9-5;1-2-5-4-7-9-6(5)8-3-1/h2*4H,1-3H2. The molecule has 0 unspecified atom stereocenters. The molecule has 4 heterocycles. The SMILES string of the molecule is c1noc2c1CCCO2.c1noc2c1OCCC2. The molecule has 0 bridgehead atoms. The molecule has 0 aliphatic carbocycles. The fraction of sp³-hybridized carbons (Fsp3) is 0.500. The van der Waals surface area contributed by atoms with Gasteiger partial charge in [0.25, 0.3) is 0 Å². The predicted octanol–water partition coefficient (Wildman–Crippen LogP) is 2.00. The summed E-state index contributed by atoms with van der Waals surface area (Å²) < 4.78 is 20.0. The normalized spacial score (nSPS) is 16.4. The Morgan fingerprint density at radius 2 is 1.72 bits per heavy atom. The van der Waals surface area contributed by atoms with Crippen LogP contribution in [0.4, 0.5) is 0 Å². The van der Waals surface area contributed by atoms with Crippen LogP contribution in [0.5, 0.6) is 11.7 Å². The highest BCUT2D eigenvalue weighted by molar-refractivity contribution is 5.22. The lowest BCUT2D eigenvalue weighted by atomic mass is 10.2. The zero-order valence-corrected chi connectivity index (χ0v) is 9.92. The Labute approximate surface area is 104 Å². The van der Waals surface area contributed by atoms with Crippen molar-refractivity contribution in [2.24, 2.45) is 0 Å². The van der Waals surface area contributed by atoms with E-state index in [1.807, 2.05) is 0 Å². The van der Waals surface area contributed by atoms with Gasteiger partial charge in [-0.1, -0.05) is 10.3 Å². The molecule has 0 saturated heterocycles. The van der Waals surface area contributed by atoms with E-state index in [1.165, 1.54) is 0 Å². The maximum Gasteiger partial charge on any atom is 0.314 e. The lowest BCUT2D eigenvalue weighted by Crippen LogP contribution is -2.05. The lowest BCUT2D eigenvalue weighted by molar-refractivity contribution is 0.196. The van der Waals surface area contributed by atoms with Crippen molar-refractivity contribution < 1.29 is 18.5 Å². The maximum atomic E-state index is 5.21. The number of aryl methyl sites for hydroxylation is 2. The molecule has 96 valence electrons. The van der Waals surface area contributed by atoms with Gasteiger partial charge in [-0.3, -0.25) is 0 Å². The molecule has 6 nitrogen and oxygen atoms in total. The molecule has 0 N–H and O–H groups in total. The zero-order chi connectivity index (χ0) is 12.2. The summed E-state index contributed by atoms with van der Waals surface area (Å²) in [5.74, 6) is 2.32. The van der Waals surface area contributed by atoms with Crippen LogP contribution in [0.2, 0.25) is 0 Å². The second-order valence-corrected chi connectivity index (χ2v) is 4.16. The van der Waals surface area contributed by atoms with Crippen molar-refractivity contribution in [3.8, 4) is 11.7 Å². The average molecular weight is 250 g/mol. The molecule has 4 rings (SSSR count). The second-order valence-electron chi connectivity index (χ2n) is 4.16. The minimum atomic E-state index is 0.612. The second kappa shape index (κ2) is 5.12. The van der Waals surface area contributed by atoms with Crippen LogP contribution >= 0.6 is 0 Å². The summed E-state index contributed by atoms with van der Waals surface area (Å²) in [6, 6.07) is 0. The molecule has 2 aliphatic heterocycles. The van der Waals surface area contributed by atoms with Gasteiger partial charge >= 0.3 is 5.95 Å². The van der Waals surface area contributed by atoms with E-state index in [-0.39, 0.29) is 0 Å². The van der Waals surface area contributed by atoms with Crippen molar-refractivity contribution >= 4 is 0 Å². The summed E-state index contributed by atoms with van der Waals surface area (Å²) >= 11 is 0. The van der Waals surface area contributed by atoms with Crippen LogP contribution in [0.25, 0.3) is 0 Å². The van der Waals surface area contributed by atoms with Gasteiger partial charge in [-0.25, -0.2) is 0 Å².